The lowest BCUT2D eigenvalue weighted by atomic mass is 9.94. The van der Waals surface area contributed by atoms with E-state index in [2.05, 4.69) is 4.98 Å². The highest BCUT2D eigenvalue weighted by Gasteiger charge is 2.47. The monoisotopic (exact) mass is 446 g/mol. The Morgan fingerprint density at radius 3 is 2.69 bits per heavy atom. The summed E-state index contributed by atoms with van der Waals surface area (Å²) in [7, 11) is 0. The van der Waals surface area contributed by atoms with Crippen molar-refractivity contribution in [1.29, 1.82) is 0 Å². The topological polar surface area (TPSA) is 79.7 Å². The highest BCUT2D eigenvalue weighted by atomic mass is 35.5. The number of carbonyl (C=O) groups excluding carboxylic acids is 2. The minimum atomic E-state index is -0.816. The number of Topliss-reactive ketones (excluding diaryl/α,β-unsaturated/α-hetero) is 1. The van der Waals surface area contributed by atoms with Crippen LogP contribution in [0.1, 0.15) is 29.2 Å². The Morgan fingerprint density at radius 2 is 1.91 bits per heavy atom. The molecule has 6 nitrogen and oxygen atoms in total. The molecule has 0 saturated carbocycles. The Kier molecular flexibility index (Phi) is 5.15. The van der Waals surface area contributed by atoms with Crippen molar-refractivity contribution in [2.45, 2.75) is 18.9 Å². The van der Waals surface area contributed by atoms with E-state index < -0.39 is 17.7 Å². The summed E-state index contributed by atoms with van der Waals surface area (Å²) >= 11 is 6.16. The Morgan fingerprint density at radius 1 is 1.09 bits per heavy atom. The number of benzene rings is 2. The molecule has 2 aliphatic rings. The Hall–Kier alpha value is -3.64. The van der Waals surface area contributed by atoms with Crippen LogP contribution in [0.5, 0.6) is 5.75 Å². The van der Waals surface area contributed by atoms with E-state index in [1.807, 2.05) is 6.07 Å². The van der Waals surface area contributed by atoms with Gasteiger partial charge in [0, 0.05) is 28.7 Å². The largest absolute Gasteiger partial charge is 0.507 e. The predicted octanol–water partition coefficient (Wildman–Crippen LogP) is 4.69. The van der Waals surface area contributed by atoms with Crippen LogP contribution in [-0.2, 0) is 16.0 Å². The van der Waals surface area contributed by atoms with E-state index in [0.717, 1.165) is 24.2 Å². The third-order valence-electron chi connectivity index (χ3n) is 5.73. The maximum atomic E-state index is 13.2. The molecule has 2 aliphatic heterocycles. The lowest BCUT2D eigenvalue weighted by molar-refractivity contribution is -0.132. The molecule has 7 heteroatoms. The molecule has 1 amide bonds. The van der Waals surface area contributed by atoms with Gasteiger partial charge in [-0.1, -0.05) is 17.7 Å². The number of aromatic nitrogens is 1. The fraction of sp³-hybridized carbons (Fsp3) is 0.160. The van der Waals surface area contributed by atoms with Crippen molar-refractivity contribution >= 4 is 34.7 Å². The molecule has 0 bridgehead atoms. The molecule has 1 atom stereocenters. The van der Waals surface area contributed by atoms with Crippen molar-refractivity contribution in [3.63, 3.8) is 0 Å². The van der Waals surface area contributed by atoms with Crippen LogP contribution in [0.3, 0.4) is 0 Å². The molecule has 160 valence electrons. The van der Waals surface area contributed by atoms with Crippen LogP contribution in [0.15, 0.2) is 72.6 Å². The summed E-state index contributed by atoms with van der Waals surface area (Å²) in [4.78, 5) is 31.7. The second kappa shape index (κ2) is 8.13. The minimum absolute atomic E-state index is 0.0258. The molecule has 3 aromatic rings. The number of nitrogens with zero attached hydrogens (tertiary/aromatic N) is 2. The number of amides is 1. The van der Waals surface area contributed by atoms with E-state index in [1.54, 1.807) is 60.9 Å². The third-order valence-corrected chi connectivity index (χ3v) is 5.97. The van der Waals surface area contributed by atoms with Crippen LogP contribution in [0.4, 0.5) is 5.69 Å². The van der Waals surface area contributed by atoms with Gasteiger partial charge in [0.15, 0.2) is 0 Å². The normalized spacial score (nSPS) is 19.5. The van der Waals surface area contributed by atoms with Crippen molar-refractivity contribution in [3.8, 4) is 5.75 Å². The number of hydrogen-bond acceptors (Lipinski definition) is 5. The van der Waals surface area contributed by atoms with Gasteiger partial charge in [0.1, 0.15) is 11.5 Å². The van der Waals surface area contributed by atoms with E-state index in [9.17, 15) is 14.7 Å². The number of anilines is 1. The van der Waals surface area contributed by atoms with Gasteiger partial charge in [-0.05, 0) is 72.5 Å². The van der Waals surface area contributed by atoms with Crippen LogP contribution in [0, 0.1) is 0 Å². The van der Waals surface area contributed by atoms with Crippen LogP contribution in [0.2, 0.25) is 5.02 Å². The first-order chi connectivity index (χ1) is 15.5. The number of aryl methyl sites for hydroxylation is 1. The molecule has 5 rings (SSSR count). The molecular weight excluding hydrogens is 428 g/mol. The molecule has 1 unspecified atom stereocenters. The fourth-order valence-electron chi connectivity index (χ4n) is 4.25. The summed E-state index contributed by atoms with van der Waals surface area (Å²) in [5, 5.41) is 11.7. The number of fused-ring (bicyclic) bond motifs is 1. The summed E-state index contributed by atoms with van der Waals surface area (Å²) in [5.41, 5.74) is 2.58. The summed E-state index contributed by atoms with van der Waals surface area (Å²) in [5.74, 6) is -0.920. The van der Waals surface area contributed by atoms with E-state index in [1.165, 1.54) is 4.90 Å². The molecule has 0 spiro atoms. The SMILES string of the molecule is O=C1C(=O)N(c2cccc(Cl)c2)C(c2ccncc2)/C1=C(/O)c1ccc2c(c1)CCCO2. The smallest absolute Gasteiger partial charge is 0.300 e. The molecule has 0 aliphatic carbocycles. The summed E-state index contributed by atoms with van der Waals surface area (Å²) in [6.07, 6.45) is 4.88. The second-order valence-electron chi connectivity index (χ2n) is 7.70. The number of hydrogen-bond donors (Lipinski definition) is 1. The predicted molar refractivity (Wildman–Crippen MR) is 121 cm³/mol. The first-order valence-corrected chi connectivity index (χ1v) is 10.6. The lowest BCUT2D eigenvalue weighted by Crippen LogP contribution is -2.29. The minimum Gasteiger partial charge on any atom is -0.507 e. The van der Waals surface area contributed by atoms with E-state index in [0.29, 0.717) is 28.4 Å². The van der Waals surface area contributed by atoms with Crippen LogP contribution in [0.25, 0.3) is 5.76 Å². The maximum absolute atomic E-state index is 13.2. The van der Waals surface area contributed by atoms with Gasteiger partial charge in [-0.3, -0.25) is 19.5 Å². The molecule has 2 aromatic carbocycles. The van der Waals surface area contributed by atoms with Gasteiger partial charge in [0.25, 0.3) is 11.7 Å². The van der Waals surface area contributed by atoms with Crippen LogP contribution in [-0.4, -0.2) is 28.4 Å². The average Bonchev–Trinajstić information content (AvgIpc) is 3.09. The molecule has 3 heterocycles. The summed E-state index contributed by atoms with van der Waals surface area (Å²) in [6, 6.07) is 14.7. The van der Waals surface area contributed by atoms with Crippen molar-refractivity contribution in [2.24, 2.45) is 0 Å². The number of ether oxygens (including phenoxy) is 1. The number of aliphatic hydroxyl groups is 1. The van der Waals surface area contributed by atoms with E-state index in [-0.39, 0.29) is 11.3 Å². The quantitative estimate of drug-likeness (QED) is 0.359. The molecule has 1 fully saturated rings. The van der Waals surface area contributed by atoms with Gasteiger partial charge in [0.05, 0.1) is 18.2 Å². The van der Waals surface area contributed by atoms with Gasteiger partial charge in [-0.15, -0.1) is 0 Å². The van der Waals surface area contributed by atoms with Gasteiger partial charge >= 0.3 is 0 Å². The molecule has 1 aromatic heterocycles. The van der Waals surface area contributed by atoms with E-state index in [4.69, 9.17) is 16.3 Å². The van der Waals surface area contributed by atoms with Crippen molar-refractivity contribution < 1.29 is 19.4 Å². The van der Waals surface area contributed by atoms with Crippen LogP contribution < -0.4 is 9.64 Å². The zero-order valence-electron chi connectivity index (χ0n) is 17.0. The first kappa shape index (κ1) is 20.3. The van der Waals surface area contributed by atoms with Gasteiger partial charge in [0.2, 0.25) is 0 Å². The fourth-order valence-corrected chi connectivity index (χ4v) is 4.43. The number of carbonyl (C=O) groups is 2. The number of aliphatic hydroxyl groups excluding tert-OH is 1. The zero-order chi connectivity index (χ0) is 22.2. The van der Waals surface area contributed by atoms with E-state index >= 15 is 0 Å². The molecule has 32 heavy (non-hydrogen) atoms. The van der Waals surface area contributed by atoms with Crippen molar-refractivity contribution in [3.05, 3.63) is 94.3 Å². The van der Waals surface area contributed by atoms with Gasteiger partial charge in [-0.25, -0.2) is 0 Å². The molecule has 1 N–H and O–H groups in total. The highest BCUT2D eigenvalue weighted by molar-refractivity contribution is 6.51. The van der Waals surface area contributed by atoms with Crippen molar-refractivity contribution in [2.75, 3.05) is 11.5 Å². The van der Waals surface area contributed by atoms with Crippen LogP contribution >= 0.6 is 11.6 Å². The Labute approximate surface area is 189 Å². The van der Waals surface area contributed by atoms with Crippen molar-refractivity contribution in [1.82, 2.24) is 4.98 Å². The molecular formula is C25H19ClN2O4. The third kappa shape index (κ3) is 3.42. The zero-order valence-corrected chi connectivity index (χ0v) is 17.7. The summed E-state index contributed by atoms with van der Waals surface area (Å²) in [6.45, 7) is 0.658. The first-order valence-electron chi connectivity index (χ1n) is 10.3. The summed E-state index contributed by atoms with van der Waals surface area (Å²) < 4.78 is 5.65. The number of ketones is 1. The second-order valence-corrected chi connectivity index (χ2v) is 8.14. The Balaban J connectivity index is 1.69. The highest BCUT2D eigenvalue weighted by Crippen LogP contribution is 2.42. The number of pyridine rings is 1. The number of halogens is 1. The lowest BCUT2D eigenvalue weighted by Gasteiger charge is -2.25. The molecule has 1 saturated heterocycles. The maximum Gasteiger partial charge on any atom is 0.300 e. The molecule has 0 radical (unpaired) electrons. The average molecular weight is 447 g/mol. The Bertz CT molecular complexity index is 1260. The number of rotatable bonds is 3. The standard InChI is InChI=1S/C25H19ClN2O4/c26-18-4-1-5-19(14-18)28-22(15-8-10-27-11-9-15)21(24(30)25(28)31)23(29)17-6-7-20-16(13-17)3-2-12-32-20/h1,4-11,13-14,22,29H,2-3,12H2/b23-21-. The van der Waals surface area contributed by atoms with Gasteiger partial charge < -0.3 is 9.84 Å². The van der Waals surface area contributed by atoms with Gasteiger partial charge in [-0.2, -0.15) is 0 Å².